The molecule has 0 saturated heterocycles. The van der Waals surface area contributed by atoms with E-state index in [0.29, 0.717) is 17.9 Å². The first-order chi connectivity index (χ1) is 10.4. The van der Waals surface area contributed by atoms with E-state index < -0.39 is 6.29 Å². The molecule has 118 valence electrons. The molecule has 1 unspecified atom stereocenters. The molecule has 1 aliphatic heterocycles. The molecule has 1 atom stereocenters. The fourth-order valence-corrected chi connectivity index (χ4v) is 4.04. The maximum absolute atomic E-state index is 13.1. The highest BCUT2D eigenvalue weighted by Crippen LogP contribution is 2.47. The Kier molecular flexibility index (Phi) is 2.97. The summed E-state index contributed by atoms with van der Waals surface area (Å²) in [6.07, 6.45) is 1.50. The van der Waals surface area contributed by atoms with Crippen LogP contribution in [0.5, 0.6) is 11.5 Å². The second kappa shape index (κ2) is 4.67. The van der Waals surface area contributed by atoms with Crippen molar-refractivity contribution in [3.63, 3.8) is 0 Å². The van der Waals surface area contributed by atoms with Gasteiger partial charge >= 0.3 is 6.29 Å². The van der Waals surface area contributed by atoms with Crippen molar-refractivity contribution in [3.8, 4) is 11.5 Å². The number of halogens is 2. The molecule has 0 amide bonds. The van der Waals surface area contributed by atoms with Crippen molar-refractivity contribution in [1.82, 2.24) is 0 Å². The van der Waals surface area contributed by atoms with Crippen LogP contribution in [0.15, 0.2) is 12.1 Å². The normalized spacial score (nSPS) is 32.1. The second-order valence-corrected chi connectivity index (χ2v) is 6.82. The van der Waals surface area contributed by atoms with Crippen molar-refractivity contribution in [1.29, 1.82) is 0 Å². The number of Topliss-reactive ketones (excluding diaryl/α,β-unsaturated/α-hetero) is 1. The van der Waals surface area contributed by atoms with Crippen LogP contribution in [-0.4, -0.2) is 12.1 Å². The maximum Gasteiger partial charge on any atom is 0.586 e. The van der Waals surface area contributed by atoms with Crippen molar-refractivity contribution in [2.24, 2.45) is 17.8 Å². The molecule has 22 heavy (non-hydrogen) atoms. The van der Waals surface area contributed by atoms with Gasteiger partial charge in [0.2, 0.25) is 0 Å². The predicted molar refractivity (Wildman–Crippen MR) is 75.3 cm³/mol. The fraction of sp³-hybridized carbons (Fsp3) is 0.588. The number of alkyl halides is 2. The molecule has 1 fully saturated rings. The van der Waals surface area contributed by atoms with Crippen molar-refractivity contribution in [2.75, 3.05) is 0 Å². The van der Waals surface area contributed by atoms with E-state index in [0.717, 1.165) is 24.3 Å². The number of rotatable bonds is 1. The zero-order chi connectivity index (χ0) is 15.5. The van der Waals surface area contributed by atoms with Crippen LogP contribution in [0.25, 0.3) is 0 Å². The van der Waals surface area contributed by atoms with Crippen molar-refractivity contribution in [3.05, 3.63) is 23.3 Å². The molecule has 4 rings (SSSR count). The number of ether oxygens (including phenoxy) is 2. The highest BCUT2D eigenvalue weighted by molar-refractivity contribution is 6.03. The predicted octanol–water partition coefficient (Wildman–Crippen LogP) is 4.19. The molecule has 0 radical (unpaired) electrons. The van der Waals surface area contributed by atoms with E-state index in [1.807, 2.05) is 0 Å². The number of hydrogen-bond donors (Lipinski definition) is 0. The van der Waals surface area contributed by atoms with Gasteiger partial charge in [0.05, 0.1) is 0 Å². The second-order valence-electron chi connectivity index (χ2n) is 6.82. The minimum atomic E-state index is -3.63. The Balaban J connectivity index is 1.59. The van der Waals surface area contributed by atoms with Crippen LogP contribution in [0.4, 0.5) is 8.78 Å². The average Bonchev–Trinajstić information content (AvgIpc) is 2.93. The number of carbonyl (C=O) groups is 1. The molecule has 2 aliphatic carbocycles. The van der Waals surface area contributed by atoms with Crippen molar-refractivity contribution >= 4 is 5.78 Å². The van der Waals surface area contributed by atoms with Crippen LogP contribution >= 0.6 is 0 Å². The first kappa shape index (κ1) is 14.0. The summed E-state index contributed by atoms with van der Waals surface area (Å²) < 4.78 is 35.1. The summed E-state index contributed by atoms with van der Waals surface area (Å²) in [6.45, 7) is 2.25. The Labute approximate surface area is 127 Å². The lowest BCUT2D eigenvalue weighted by Gasteiger charge is -2.29. The Morgan fingerprint density at radius 2 is 1.73 bits per heavy atom. The Morgan fingerprint density at radius 3 is 2.41 bits per heavy atom. The molecule has 3 nitrogen and oxygen atoms in total. The molecule has 1 aromatic carbocycles. The van der Waals surface area contributed by atoms with Gasteiger partial charge in [0, 0.05) is 11.5 Å². The van der Waals surface area contributed by atoms with Gasteiger partial charge in [0.1, 0.15) is 0 Å². The molecular weight excluding hydrogens is 290 g/mol. The molecular formula is C17H18F2O3. The zero-order valence-corrected chi connectivity index (χ0v) is 12.4. The van der Waals surface area contributed by atoms with Gasteiger partial charge in [0.25, 0.3) is 0 Å². The summed E-state index contributed by atoms with van der Waals surface area (Å²) in [5.74, 6) is 1.23. The van der Waals surface area contributed by atoms with E-state index in [-0.39, 0.29) is 23.2 Å². The molecule has 0 aromatic heterocycles. The monoisotopic (exact) mass is 308 g/mol. The van der Waals surface area contributed by atoms with Crippen LogP contribution in [0.2, 0.25) is 0 Å². The Morgan fingerprint density at radius 1 is 1.09 bits per heavy atom. The summed E-state index contributed by atoms with van der Waals surface area (Å²) in [5, 5.41) is 0. The third kappa shape index (κ3) is 2.18. The molecule has 1 heterocycles. The Bertz CT molecular complexity index is 633. The van der Waals surface area contributed by atoms with Gasteiger partial charge < -0.3 is 9.47 Å². The van der Waals surface area contributed by atoms with Gasteiger partial charge in [-0.2, -0.15) is 0 Å². The molecule has 0 bridgehead atoms. The van der Waals surface area contributed by atoms with Crippen molar-refractivity contribution in [2.45, 2.75) is 45.3 Å². The van der Waals surface area contributed by atoms with Gasteiger partial charge in [-0.05, 0) is 48.8 Å². The number of benzene rings is 1. The standard InChI is InChI=1S/C17H18F2O3/c1-9-2-4-10(5-3-9)12-6-11-7-14-15(8-13(11)16(12)20)22-17(18,19)21-14/h7-10,12H,2-6H2,1H3. The fourth-order valence-electron chi connectivity index (χ4n) is 4.04. The lowest BCUT2D eigenvalue weighted by molar-refractivity contribution is -0.286. The van der Waals surface area contributed by atoms with Gasteiger partial charge in [-0.15, -0.1) is 8.78 Å². The Hall–Kier alpha value is -1.65. The molecule has 0 N–H and O–H groups in total. The third-order valence-electron chi connectivity index (χ3n) is 5.30. The van der Waals surface area contributed by atoms with Crippen LogP contribution in [0.1, 0.15) is 48.5 Å². The van der Waals surface area contributed by atoms with Crippen LogP contribution < -0.4 is 9.47 Å². The van der Waals surface area contributed by atoms with Crippen LogP contribution in [0.3, 0.4) is 0 Å². The summed E-state index contributed by atoms with van der Waals surface area (Å²) in [4.78, 5) is 12.7. The smallest absolute Gasteiger partial charge is 0.395 e. The summed E-state index contributed by atoms with van der Waals surface area (Å²) in [6, 6.07) is 2.98. The van der Waals surface area contributed by atoms with Crippen LogP contribution in [-0.2, 0) is 6.42 Å². The van der Waals surface area contributed by atoms with Gasteiger partial charge in [0.15, 0.2) is 17.3 Å². The number of carbonyl (C=O) groups excluding carboxylic acids is 1. The zero-order valence-electron chi connectivity index (χ0n) is 12.4. The number of hydrogen-bond acceptors (Lipinski definition) is 3. The lowest BCUT2D eigenvalue weighted by atomic mass is 9.75. The van der Waals surface area contributed by atoms with E-state index in [1.54, 1.807) is 6.07 Å². The van der Waals surface area contributed by atoms with Gasteiger partial charge in [-0.1, -0.05) is 19.8 Å². The van der Waals surface area contributed by atoms with E-state index in [4.69, 9.17) is 0 Å². The molecule has 1 aromatic rings. The molecule has 1 saturated carbocycles. The SMILES string of the molecule is CC1CCC(C2Cc3cc4c(cc3C2=O)OC(F)(F)O4)CC1. The topological polar surface area (TPSA) is 35.5 Å². The average molecular weight is 308 g/mol. The molecule has 0 spiro atoms. The maximum atomic E-state index is 13.1. The quantitative estimate of drug-likeness (QED) is 0.780. The number of ketones is 1. The van der Waals surface area contributed by atoms with Gasteiger partial charge in [-0.25, -0.2) is 0 Å². The largest absolute Gasteiger partial charge is 0.586 e. The summed E-state index contributed by atoms with van der Waals surface area (Å²) in [7, 11) is 0. The van der Waals surface area contributed by atoms with Crippen LogP contribution in [0, 0.1) is 17.8 Å². The van der Waals surface area contributed by atoms with E-state index >= 15 is 0 Å². The van der Waals surface area contributed by atoms with Gasteiger partial charge in [-0.3, -0.25) is 4.79 Å². The first-order valence-corrected chi connectivity index (χ1v) is 7.90. The first-order valence-electron chi connectivity index (χ1n) is 7.90. The molecule has 5 heteroatoms. The lowest BCUT2D eigenvalue weighted by Crippen LogP contribution is -2.26. The number of fused-ring (bicyclic) bond motifs is 2. The third-order valence-corrected chi connectivity index (χ3v) is 5.30. The summed E-state index contributed by atoms with van der Waals surface area (Å²) >= 11 is 0. The molecule has 3 aliphatic rings. The van der Waals surface area contributed by atoms with E-state index in [9.17, 15) is 13.6 Å². The highest BCUT2D eigenvalue weighted by Gasteiger charge is 2.46. The van der Waals surface area contributed by atoms with Crippen molar-refractivity contribution < 1.29 is 23.0 Å². The van der Waals surface area contributed by atoms with E-state index in [2.05, 4.69) is 16.4 Å². The minimum absolute atomic E-state index is 0.00876. The summed E-state index contributed by atoms with van der Waals surface area (Å²) in [5.41, 5.74) is 1.34. The highest BCUT2D eigenvalue weighted by atomic mass is 19.3. The minimum Gasteiger partial charge on any atom is -0.395 e. The van der Waals surface area contributed by atoms with E-state index in [1.165, 1.54) is 18.9 Å².